The van der Waals surface area contributed by atoms with Gasteiger partial charge in [-0.1, -0.05) is 12.1 Å². The van der Waals surface area contributed by atoms with Crippen LogP contribution >= 0.6 is 0 Å². The fourth-order valence-electron chi connectivity index (χ4n) is 2.00. The third-order valence-electron chi connectivity index (χ3n) is 3.10. The summed E-state index contributed by atoms with van der Waals surface area (Å²) in [6.45, 7) is 1.33. The molecule has 0 spiro atoms. The second-order valence-electron chi connectivity index (χ2n) is 4.41. The molecule has 0 aromatic heterocycles. The monoisotopic (exact) mass is 244 g/mol. The summed E-state index contributed by atoms with van der Waals surface area (Å²) in [5.41, 5.74) is 1.75. The smallest absolute Gasteiger partial charge is 0.227 e. The minimum atomic E-state index is 0.0533. The van der Waals surface area contributed by atoms with Crippen LogP contribution in [0.4, 0.5) is 5.69 Å². The minimum Gasteiger partial charge on any atom is -0.381 e. The van der Waals surface area contributed by atoms with Crippen LogP contribution in [0.3, 0.4) is 0 Å². The van der Waals surface area contributed by atoms with Crippen molar-refractivity contribution in [3.8, 4) is 6.07 Å². The molecule has 4 heteroatoms. The molecule has 4 nitrogen and oxygen atoms in total. The van der Waals surface area contributed by atoms with Gasteiger partial charge in [-0.3, -0.25) is 4.79 Å². The van der Waals surface area contributed by atoms with Crippen molar-refractivity contribution in [3.63, 3.8) is 0 Å². The molecule has 18 heavy (non-hydrogen) atoms. The number of hydrogen-bond acceptors (Lipinski definition) is 3. The molecular formula is C14H16N2O2. The molecule has 2 rings (SSSR count). The third kappa shape index (κ3) is 3.31. The molecule has 0 unspecified atom stereocenters. The Morgan fingerprint density at radius 3 is 2.61 bits per heavy atom. The van der Waals surface area contributed by atoms with Crippen molar-refractivity contribution >= 4 is 11.6 Å². The lowest BCUT2D eigenvalue weighted by molar-refractivity contribution is -0.122. The summed E-state index contributed by atoms with van der Waals surface area (Å²) in [4.78, 5) is 12.0. The molecule has 1 N–H and O–H groups in total. The van der Waals surface area contributed by atoms with Gasteiger partial charge in [0, 0.05) is 24.8 Å². The van der Waals surface area contributed by atoms with E-state index in [1.165, 1.54) is 0 Å². The van der Waals surface area contributed by atoms with Crippen LogP contribution in [0.2, 0.25) is 0 Å². The Morgan fingerprint density at radius 1 is 1.33 bits per heavy atom. The number of amides is 1. The fraction of sp³-hybridized carbons (Fsp3) is 0.429. The molecule has 0 saturated carbocycles. The van der Waals surface area contributed by atoms with Crippen molar-refractivity contribution in [2.24, 2.45) is 5.92 Å². The van der Waals surface area contributed by atoms with Gasteiger partial charge in [0.05, 0.1) is 12.5 Å². The van der Waals surface area contributed by atoms with Gasteiger partial charge in [-0.2, -0.15) is 5.26 Å². The summed E-state index contributed by atoms with van der Waals surface area (Å²) in [6, 6.07) is 9.50. The zero-order valence-electron chi connectivity index (χ0n) is 10.2. The van der Waals surface area contributed by atoms with Gasteiger partial charge < -0.3 is 10.1 Å². The number of nitriles is 1. The van der Waals surface area contributed by atoms with E-state index in [-0.39, 0.29) is 11.8 Å². The number of ether oxygens (including phenoxy) is 1. The quantitative estimate of drug-likeness (QED) is 0.885. The lowest BCUT2D eigenvalue weighted by Gasteiger charge is -2.21. The largest absolute Gasteiger partial charge is 0.381 e. The normalized spacial score (nSPS) is 15.9. The van der Waals surface area contributed by atoms with Crippen molar-refractivity contribution < 1.29 is 9.53 Å². The second-order valence-corrected chi connectivity index (χ2v) is 4.41. The first-order valence-electron chi connectivity index (χ1n) is 6.14. The first-order chi connectivity index (χ1) is 8.79. The average molecular weight is 244 g/mol. The Bertz CT molecular complexity index is 442. The highest BCUT2D eigenvalue weighted by Gasteiger charge is 2.21. The number of nitrogens with one attached hydrogen (secondary N) is 1. The van der Waals surface area contributed by atoms with Gasteiger partial charge in [-0.15, -0.1) is 0 Å². The van der Waals surface area contributed by atoms with Crippen LogP contribution in [0.5, 0.6) is 0 Å². The Balaban J connectivity index is 1.92. The Hall–Kier alpha value is -1.86. The van der Waals surface area contributed by atoms with Gasteiger partial charge in [0.25, 0.3) is 0 Å². The summed E-state index contributed by atoms with van der Waals surface area (Å²) in [5.74, 6) is 0.115. The maximum atomic E-state index is 12.0. The molecule has 0 aliphatic carbocycles. The van der Waals surface area contributed by atoms with Crippen molar-refractivity contribution in [2.75, 3.05) is 18.5 Å². The third-order valence-corrected chi connectivity index (χ3v) is 3.10. The first kappa shape index (κ1) is 12.6. The predicted molar refractivity (Wildman–Crippen MR) is 67.9 cm³/mol. The fourth-order valence-corrected chi connectivity index (χ4v) is 2.00. The van der Waals surface area contributed by atoms with E-state index in [0.717, 1.165) is 24.1 Å². The van der Waals surface area contributed by atoms with Crippen LogP contribution in [0.1, 0.15) is 18.4 Å². The summed E-state index contributed by atoms with van der Waals surface area (Å²) in [5, 5.41) is 11.5. The van der Waals surface area contributed by atoms with E-state index in [9.17, 15) is 4.79 Å². The molecule has 1 amide bonds. The van der Waals surface area contributed by atoms with Gasteiger partial charge in [-0.05, 0) is 30.5 Å². The van der Waals surface area contributed by atoms with Gasteiger partial charge in [0.1, 0.15) is 0 Å². The van der Waals surface area contributed by atoms with Gasteiger partial charge in [0.15, 0.2) is 0 Å². The van der Waals surface area contributed by atoms with Crippen LogP contribution in [0.25, 0.3) is 0 Å². The number of hydrogen-bond donors (Lipinski definition) is 1. The highest BCUT2D eigenvalue weighted by atomic mass is 16.5. The molecule has 1 heterocycles. The molecule has 0 bridgehead atoms. The number of nitrogens with zero attached hydrogens (tertiary/aromatic N) is 1. The highest BCUT2D eigenvalue weighted by Crippen LogP contribution is 2.18. The highest BCUT2D eigenvalue weighted by molar-refractivity contribution is 5.92. The first-order valence-corrected chi connectivity index (χ1v) is 6.14. The summed E-state index contributed by atoms with van der Waals surface area (Å²) in [6.07, 6.45) is 1.98. The van der Waals surface area contributed by atoms with Crippen molar-refractivity contribution in [1.82, 2.24) is 0 Å². The summed E-state index contributed by atoms with van der Waals surface area (Å²) >= 11 is 0. The van der Waals surface area contributed by atoms with E-state index < -0.39 is 0 Å². The summed E-state index contributed by atoms with van der Waals surface area (Å²) < 4.78 is 5.23. The Kier molecular flexibility index (Phi) is 4.32. The van der Waals surface area contributed by atoms with Crippen molar-refractivity contribution in [2.45, 2.75) is 19.3 Å². The van der Waals surface area contributed by atoms with Gasteiger partial charge in [-0.25, -0.2) is 0 Å². The number of anilines is 1. The molecule has 1 aromatic carbocycles. The van der Waals surface area contributed by atoms with E-state index in [0.29, 0.717) is 19.6 Å². The Morgan fingerprint density at radius 2 is 2.00 bits per heavy atom. The molecule has 1 saturated heterocycles. The lowest BCUT2D eigenvalue weighted by atomic mass is 9.99. The molecule has 0 atom stereocenters. The standard InChI is InChI=1S/C14H16N2O2/c15-8-5-11-1-3-13(4-2-11)16-14(17)12-6-9-18-10-7-12/h1-4,12H,5-7,9-10H2,(H,16,17). The SMILES string of the molecule is N#CCc1ccc(NC(=O)C2CCOCC2)cc1. The molecule has 94 valence electrons. The van der Waals surface area contributed by atoms with Crippen LogP contribution in [0.15, 0.2) is 24.3 Å². The number of rotatable bonds is 3. The van der Waals surface area contributed by atoms with E-state index in [1.807, 2.05) is 24.3 Å². The van der Waals surface area contributed by atoms with Gasteiger partial charge >= 0.3 is 0 Å². The van der Waals surface area contributed by atoms with Crippen LogP contribution in [-0.4, -0.2) is 19.1 Å². The number of carbonyl (C=O) groups excluding carboxylic acids is 1. The van der Waals surface area contributed by atoms with Crippen LogP contribution in [0, 0.1) is 17.2 Å². The molecule has 1 fully saturated rings. The zero-order valence-corrected chi connectivity index (χ0v) is 10.2. The van der Waals surface area contributed by atoms with E-state index in [4.69, 9.17) is 10.00 Å². The lowest BCUT2D eigenvalue weighted by Crippen LogP contribution is -2.28. The number of carbonyl (C=O) groups is 1. The Labute approximate surface area is 107 Å². The number of benzene rings is 1. The molecule has 0 radical (unpaired) electrons. The van der Waals surface area contributed by atoms with E-state index in [1.54, 1.807) is 0 Å². The van der Waals surface area contributed by atoms with Gasteiger partial charge in [0.2, 0.25) is 5.91 Å². The maximum absolute atomic E-state index is 12.0. The van der Waals surface area contributed by atoms with E-state index in [2.05, 4.69) is 11.4 Å². The molecule has 1 aliphatic rings. The molecule has 1 aliphatic heterocycles. The minimum absolute atomic E-state index is 0.0533. The van der Waals surface area contributed by atoms with Crippen molar-refractivity contribution in [1.29, 1.82) is 5.26 Å². The predicted octanol–water partition coefficient (Wildman–Crippen LogP) is 2.12. The topological polar surface area (TPSA) is 62.1 Å². The molecule has 1 aromatic rings. The van der Waals surface area contributed by atoms with Crippen LogP contribution in [-0.2, 0) is 16.0 Å². The zero-order chi connectivity index (χ0) is 12.8. The van der Waals surface area contributed by atoms with Crippen LogP contribution < -0.4 is 5.32 Å². The molecular weight excluding hydrogens is 228 g/mol. The summed E-state index contributed by atoms with van der Waals surface area (Å²) in [7, 11) is 0. The maximum Gasteiger partial charge on any atom is 0.227 e. The average Bonchev–Trinajstić information content (AvgIpc) is 2.42. The van der Waals surface area contributed by atoms with E-state index >= 15 is 0 Å². The second kappa shape index (κ2) is 6.18. The van der Waals surface area contributed by atoms with Crippen molar-refractivity contribution in [3.05, 3.63) is 29.8 Å².